The molecule has 0 saturated carbocycles. The summed E-state index contributed by atoms with van der Waals surface area (Å²) in [5.74, 6) is 0. The van der Waals surface area contributed by atoms with Crippen LogP contribution in [0.5, 0.6) is 0 Å². The van der Waals surface area contributed by atoms with E-state index in [4.69, 9.17) is 14.6 Å². The Bertz CT molecular complexity index is 80.9. The molecule has 0 rings (SSSR count). The van der Waals surface area contributed by atoms with Gasteiger partial charge in [0.25, 0.3) is 0 Å². The maximum absolute atomic E-state index is 8.46. The van der Waals surface area contributed by atoms with Gasteiger partial charge in [-0.1, -0.05) is 0 Å². The maximum atomic E-state index is 8.46. The highest BCUT2D eigenvalue weighted by Crippen LogP contribution is 1.88. The molecule has 0 aliphatic rings. The van der Waals surface area contributed by atoms with Crippen molar-refractivity contribution in [2.24, 2.45) is 0 Å². The quantitative estimate of drug-likeness (QED) is 0.478. The standard InChI is InChI=1S/C9H21NO3/c1-12-8-9-13-7-3-2-4-10-5-6-11/h10-11H,2-9H2,1H3. The lowest BCUT2D eigenvalue weighted by Crippen LogP contribution is -2.19. The number of unbranched alkanes of at least 4 members (excludes halogenated alkanes) is 1. The molecule has 4 nitrogen and oxygen atoms in total. The SMILES string of the molecule is COCCOCCCCNCCO. The monoisotopic (exact) mass is 191 g/mol. The molecule has 13 heavy (non-hydrogen) atoms. The highest BCUT2D eigenvalue weighted by molar-refractivity contribution is 4.46. The molecule has 4 heteroatoms. The normalized spacial score (nSPS) is 10.6. The molecule has 80 valence electrons. The molecule has 2 N–H and O–H groups in total. The fraction of sp³-hybridized carbons (Fsp3) is 1.00. The average molecular weight is 191 g/mol. The van der Waals surface area contributed by atoms with Gasteiger partial charge in [0, 0.05) is 20.3 Å². The Labute approximate surface area is 80.2 Å². The third kappa shape index (κ3) is 11.8. The predicted molar refractivity (Wildman–Crippen MR) is 51.9 cm³/mol. The van der Waals surface area contributed by atoms with Crippen LogP contribution in [0.1, 0.15) is 12.8 Å². The summed E-state index contributed by atoms with van der Waals surface area (Å²) in [6.07, 6.45) is 2.15. The van der Waals surface area contributed by atoms with Gasteiger partial charge in [-0.2, -0.15) is 0 Å². The van der Waals surface area contributed by atoms with Crippen molar-refractivity contribution in [3.8, 4) is 0 Å². The smallest absolute Gasteiger partial charge is 0.0700 e. The van der Waals surface area contributed by atoms with Gasteiger partial charge in [-0.05, 0) is 19.4 Å². The third-order valence-corrected chi connectivity index (χ3v) is 1.61. The van der Waals surface area contributed by atoms with Crippen molar-refractivity contribution in [3.63, 3.8) is 0 Å². The maximum Gasteiger partial charge on any atom is 0.0700 e. The lowest BCUT2D eigenvalue weighted by atomic mass is 10.3. The summed E-state index contributed by atoms with van der Waals surface area (Å²) in [7, 11) is 1.67. The first-order valence-electron chi connectivity index (χ1n) is 4.80. The lowest BCUT2D eigenvalue weighted by Gasteiger charge is -2.04. The van der Waals surface area contributed by atoms with Crippen LogP contribution in [0.3, 0.4) is 0 Å². The van der Waals surface area contributed by atoms with Crippen molar-refractivity contribution in [2.75, 3.05) is 46.6 Å². The van der Waals surface area contributed by atoms with E-state index in [2.05, 4.69) is 5.32 Å². The number of aliphatic hydroxyl groups excluding tert-OH is 1. The molecule has 0 heterocycles. The average Bonchev–Trinajstić information content (AvgIpc) is 2.16. The van der Waals surface area contributed by atoms with Crippen LogP contribution >= 0.6 is 0 Å². The molecule has 0 spiro atoms. The Balaban J connectivity index is 2.76. The molecule has 0 aromatic heterocycles. The van der Waals surface area contributed by atoms with Crippen LogP contribution in [0.4, 0.5) is 0 Å². The van der Waals surface area contributed by atoms with Gasteiger partial charge < -0.3 is 19.9 Å². The Morgan fingerprint density at radius 3 is 2.62 bits per heavy atom. The summed E-state index contributed by atoms with van der Waals surface area (Å²) in [6, 6.07) is 0. The van der Waals surface area contributed by atoms with Gasteiger partial charge in [-0.3, -0.25) is 0 Å². The molecule has 0 bridgehead atoms. The molecular formula is C9H21NO3. The van der Waals surface area contributed by atoms with Gasteiger partial charge >= 0.3 is 0 Å². The minimum Gasteiger partial charge on any atom is -0.395 e. The van der Waals surface area contributed by atoms with E-state index in [0.29, 0.717) is 19.8 Å². The zero-order valence-electron chi connectivity index (χ0n) is 8.42. The Morgan fingerprint density at radius 1 is 1.08 bits per heavy atom. The molecule has 0 saturated heterocycles. The topological polar surface area (TPSA) is 50.7 Å². The number of hydrogen-bond acceptors (Lipinski definition) is 4. The van der Waals surface area contributed by atoms with Crippen LogP contribution < -0.4 is 5.32 Å². The van der Waals surface area contributed by atoms with E-state index in [9.17, 15) is 0 Å². The van der Waals surface area contributed by atoms with E-state index in [-0.39, 0.29) is 6.61 Å². The zero-order chi connectivity index (χ0) is 9.78. The molecular weight excluding hydrogens is 170 g/mol. The van der Waals surface area contributed by atoms with E-state index in [1.165, 1.54) is 0 Å². The molecule has 0 unspecified atom stereocenters. The number of methoxy groups -OCH3 is 1. The van der Waals surface area contributed by atoms with E-state index >= 15 is 0 Å². The lowest BCUT2D eigenvalue weighted by molar-refractivity contribution is 0.0688. The summed E-state index contributed by atoms with van der Waals surface area (Å²) < 4.78 is 10.1. The first kappa shape index (κ1) is 12.8. The first-order valence-corrected chi connectivity index (χ1v) is 4.80. The van der Waals surface area contributed by atoms with Crippen molar-refractivity contribution < 1.29 is 14.6 Å². The minimum absolute atomic E-state index is 0.213. The van der Waals surface area contributed by atoms with Crippen LogP contribution in [-0.4, -0.2) is 51.7 Å². The van der Waals surface area contributed by atoms with Crippen molar-refractivity contribution in [1.82, 2.24) is 5.32 Å². The number of aliphatic hydroxyl groups is 1. The van der Waals surface area contributed by atoms with Crippen molar-refractivity contribution in [1.29, 1.82) is 0 Å². The fourth-order valence-corrected chi connectivity index (χ4v) is 0.903. The highest BCUT2D eigenvalue weighted by atomic mass is 16.5. The molecule has 0 fully saturated rings. The molecule has 0 aromatic carbocycles. The minimum atomic E-state index is 0.213. The molecule has 0 amide bonds. The van der Waals surface area contributed by atoms with Crippen molar-refractivity contribution >= 4 is 0 Å². The van der Waals surface area contributed by atoms with Crippen LogP contribution in [0, 0.1) is 0 Å². The number of ether oxygens (including phenoxy) is 2. The molecule has 0 aliphatic heterocycles. The van der Waals surface area contributed by atoms with Gasteiger partial charge in [-0.25, -0.2) is 0 Å². The molecule has 0 radical (unpaired) electrons. The third-order valence-electron chi connectivity index (χ3n) is 1.61. The summed E-state index contributed by atoms with van der Waals surface area (Å²) in [5.41, 5.74) is 0. The molecule has 0 atom stereocenters. The Hall–Kier alpha value is -0.160. The number of rotatable bonds is 10. The molecule has 0 aliphatic carbocycles. The predicted octanol–water partition coefficient (Wildman–Crippen LogP) is 0.0115. The summed E-state index contributed by atoms with van der Waals surface area (Å²) in [4.78, 5) is 0. The van der Waals surface area contributed by atoms with Crippen LogP contribution in [0.2, 0.25) is 0 Å². The van der Waals surface area contributed by atoms with Gasteiger partial charge in [0.1, 0.15) is 0 Å². The largest absolute Gasteiger partial charge is 0.395 e. The summed E-state index contributed by atoms with van der Waals surface area (Å²) >= 11 is 0. The van der Waals surface area contributed by atoms with Gasteiger partial charge in [0.15, 0.2) is 0 Å². The van der Waals surface area contributed by atoms with Crippen LogP contribution in [0.15, 0.2) is 0 Å². The fourth-order valence-electron chi connectivity index (χ4n) is 0.903. The highest BCUT2D eigenvalue weighted by Gasteiger charge is 1.89. The zero-order valence-corrected chi connectivity index (χ0v) is 8.42. The number of hydrogen-bond donors (Lipinski definition) is 2. The van der Waals surface area contributed by atoms with E-state index in [1.807, 2.05) is 0 Å². The van der Waals surface area contributed by atoms with Gasteiger partial charge in [0.2, 0.25) is 0 Å². The summed E-state index contributed by atoms with van der Waals surface area (Å²) in [5, 5.41) is 11.6. The van der Waals surface area contributed by atoms with E-state index in [1.54, 1.807) is 7.11 Å². The van der Waals surface area contributed by atoms with Crippen LogP contribution in [-0.2, 0) is 9.47 Å². The van der Waals surface area contributed by atoms with Crippen molar-refractivity contribution in [2.45, 2.75) is 12.8 Å². The van der Waals surface area contributed by atoms with Gasteiger partial charge in [-0.15, -0.1) is 0 Å². The summed E-state index contributed by atoms with van der Waals surface area (Å²) in [6.45, 7) is 4.00. The molecule has 0 aromatic rings. The van der Waals surface area contributed by atoms with E-state index in [0.717, 1.165) is 26.0 Å². The first-order chi connectivity index (χ1) is 6.41. The second-order valence-corrected chi connectivity index (χ2v) is 2.79. The van der Waals surface area contributed by atoms with Gasteiger partial charge in [0.05, 0.1) is 19.8 Å². The van der Waals surface area contributed by atoms with Crippen LogP contribution in [0.25, 0.3) is 0 Å². The second-order valence-electron chi connectivity index (χ2n) is 2.79. The Kier molecular flexibility index (Phi) is 11.7. The van der Waals surface area contributed by atoms with Crippen molar-refractivity contribution in [3.05, 3.63) is 0 Å². The second kappa shape index (κ2) is 11.8. The van der Waals surface area contributed by atoms with E-state index < -0.39 is 0 Å². The number of nitrogens with one attached hydrogen (secondary N) is 1. The Morgan fingerprint density at radius 2 is 1.92 bits per heavy atom.